The number of benzene rings is 2. The molecule has 2 aromatic carbocycles. The molecule has 0 spiro atoms. The minimum atomic E-state index is 0.256. The summed E-state index contributed by atoms with van der Waals surface area (Å²) in [5.41, 5.74) is 3.45. The van der Waals surface area contributed by atoms with Crippen LogP contribution in [-0.4, -0.2) is 4.98 Å². The lowest BCUT2D eigenvalue weighted by atomic mass is 10.1. The smallest absolute Gasteiger partial charge is 0.183 e. The number of hydrogen-bond acceptors (Lipinski definition) is 3. The molecular weight excluding hydrogens is 264 g/mol. The van der Waals surface area contributed by atoms with Crippen LogP contribution in [0.25, 0.3) is 11.3 Å². The topological polar surface area (TPSA) is 24.9 Å². The van der Waals surface area contributed by atoms with Crippen molar-refractivity contribution < 1.29 is 0 Å². The van der Waals surface area contributed by atoms with Gasteiger partial charge in [-0.1, -0.05) is 60.7 Å². The van der Waals surface area contributed by atoms with Crippen LogP contribution in [0.3, 0.4) is 0 Å². The number of nitrogens with one attached hydrogen (secondary N) is 1. The molecule has 0 fully saturated rings. The van der Waals surface area contributed by atoms with Crippen molar-refractivity contribution in [1.82, 2.24) is 4.98 Å². The predicted octanol–water partition coefficient (Wildman–Crippen LogP) is 4.98. The molecule has 0 amide bonds. The van der Waals surface area contributed by atoms with Crippen LogP contribution in [0.4, 0.5) is 5.13 Å². The van der Waals surface area contributed by atoms with Gasteiger partial charge < -0.3 is 5.32 Å². The molecule has 0 saturated carbocycles. The van der Waals surface area contributed by atoms with Crippen LogP contribution in [0.2, 0.25) is 0 Å². The molecule has 1 atom stereocenters. The predicted molar refractivity (Wildman–Crippen MR) is 86.0 cm³/mol. The van der Waals surface area contributed by atoms with E-state index in [1.54, 1.807) is 11.3 Å². The number of hydrogen-bond donors (Lipinski definition) is 1. The normalized spacial score (nSPS) is 12.1. The third-order valence-electron chi connectivity index (χ3n) is 3.21. The minimum absolute atomic E-state index is 0.256. The molecule has 20 heavy (non-hydrogen) atoms. The van der Waals surface area contributed by atoms with E-state index in [-0.39, 0.29) is 6.04 Å². The van der Waals surface area contributed by atoms with E-state index in [1.807, 2.05) is 24.3 Å². The van der Waals surface area contributed by atoms with Gasteiger partial charge in [0.2, 0.25) is 0 Å². The van der Waals surface area contributed by atoms with Gasteiger partial charge in [0, 0.05) is 10.9 Å². The van der Waals surface area contributed by atoms with Gasteiger partial charge in [0.05, 0.1) is 11.7 Å². The molecule has 0 aliphatic heterocycles. The molecule has 1 heterocycles. The number of anilines is 1. The standard InChI is InChI=1S/C17H16N2S/c1-13(14-8-4-2-5-9-14)18-17-19-16(12-20-17)15-10-6-3-7-11-15/h2-13H,1H3,(H,18,19)/t13-/m0/s1. The molecule has 2 nitrogen and oxygen atoms in total. The summed E-state index contributed by atoms with van der Waals surface area (Å²) in [6.45, 7) is 2.15. The third kappa shape index (κ3) is 2.89. The molecule has 3 rings (SSSR count). The van der Waals surface area contributed by atoms with Crippen LogP contribution in [0.1, 0.15) is 18.5 Å². The molecule has 3 aromatic rings. The maximum absolute atomic E-state index is 4.65. The van der Waals surface area contributed by atoms with E-state index in [9.17, 15) is 0 Å². The van der Waals surface area contributed by atoms with Crippen molar-refractivity contribution in [2.75, 3.05) is 5.32 Å². The van der Waals surface area contributed by atoms with Gasteiger partial charge in [-0.25, -0.2) is 4.98 Å². The number of nitrogens with zero attached hydrogens (tertiary/aromatic N) is 1. The fraction of sp³-hybridized carbons (Fsp3) is 0.118. The first-order valence-electron chi connectivity index (χ1n) is 6.65. The third-order valence-corrected chi connectivity index (χ3v) is 3.99. The Bertz CT molecular complexity index is 662. The lowest BCUT2D eigenvalue weighted by Gasteiger charge is -2.12. The lowest BCUT2D eigenvalue weighted by Crippen LogP contribution is -2.05. The van der Waals surface area contributed by atoms with E-state index >= 15 is 0 Å². The summed E-state index contributed by atoms with van der Waals surface area (Å²) in [7, 11) is 0. The largest absolute Gasteiger partial charge is 0.355 e. The zero-order valence-corrected chi connectivity index (χ0v) is 12.1. The van der Waals surface area contributed by atoms with Crippen LogP contribution >= 0.6 is 11.3 Å². The first-order chi connectivity index (χ1) is 9.83. The van der Waals surface area contributed by atoms with Gasteiger partial charge in [-0.2, -0.15) is 0 Å². The summed E-state index contributed by atoms with van der Waals surface area (Å²) >= 11 is 1.65. The Balaban J connectivity index is 1.75. The number of aromatic nitrogens is 1. The SMILES string of the molecule is C[C@H](Nc1nc(-c2ccccc2)cs1)c1ccccc1. The highest BCUT2D eigenvalue weighted by Gasteiger charge is 2.08. The van der Waals surface area contributed by atoms with E-state index < -0.39 is 0 Å². The molecule has 0 radical (unpaired) electrons. The summed E-state index contributed by atoms with van der Waals surface area (Å²) in [4.78, 5) is 4.65. The van der Waals surface area contributed by atoms with E-state index in [0.717, 1.165) is 16.4 Å². The van der Waals surface area contributed by atoms with Crippen molar-refractivity contribution in [2.45, 2.75) is 13.0 Å². The summed E-state index contributed by atoms with van der Waals surface area (Å²) in [5.74, 6) is 0. The summed E-state index contributed by atoms with van der Waals surface area (Å²) < 4.78 is 0. The van der Waals surface area contributed by atoms with Crippen molar-refractivity contribution in [3.63, 3.8) is 0 Å². The Labute approximate surface area is 123 Å². The molecule has 3 heteroatoms. The van der Waals surface area contributed by atoms with Gasteiger partial charge >= 0.3 is 0 Å². The Kier molecular flexibility index (Phi) is 3.79. The van der Waals surface area contributed by atoms with E-state index in [2.05, 4.69) is 59.0 Å². The first kappa shape index (κ1) is 12.9. The van der Waals surface area contributed by atoms with Crippen LogP contribution in [0, 0.1) is 0 Å². The molecule has 0 aliphatic rings. The zero-order valence-electron chi connectivity index (χ0n) is 11.3. The second-order valence-electron chi connectivity index (χ2n) is 4.68. The highest BCUT2D eigenvalue weighted by molar-refractivity contribution is 7.14. The monoisotopic (exact) mass is 280 g/mol. The van der Waals surface area contributed by atoms with Gasteiger partial charge in [0.1, 0.15) is 0 Å². The quantitative estimate of drug-likeness (QED) is 0.728. The minimum Gasteiger partial charge on any atom is -0.355 e. The Morgan fingerprint density at radius 3 is 2.30 bits per heavy atom. The molecule has 100 valence electrons. The summed E-state index contributed by atoms with van der Waals surface area (Å²) in [6, 6.07) is 20.9. The maximum atomic E-state index is 4.65. The fourth-order valence-electron chi connectivity index (χ4n) is 2.09. The fourth-order valence-corrected chi connectivity index (χ4v) is 2.90. The highest BCUT2D eigenvalue weighted by Crippen LogP contribution is 2.27. The van der Waals surface area contributed by atoms with E-state index in [0.29, 0.717) is 0 Å². The summed E-state index contributed by atoms with van der Waals surface area (Å²) in [6.07, 6.45) is 0. The van der Waals surface area contributed by atoms with Gasteiger partial charge in [-0.05, 0) is 12.5 Å². The Morgan fingerprint density at radius 1 is 0.950 bits per heavy atom. The number of rotatable bonds is 4. The average Bonchev–Trinajstić information content (AvgIpc) is 2.97. The molecule has 1 aromatic heterocycles. The van der Waals surface area contributed by atoms with Crippen molar-refractivity contribution in [3.05, 3.63) is 71.6 Å². The maximum Gasteiger partial charge on any atom is 0.183 e. The average molecular weight is 280 g/mol. The van der Waals surface area contributed by atoms with Gasteiger partial charge in [-0.3, -0.25) is 0 Å². The van der Waals surface area contributed by atoms with Crippen LogP contribution in [0.5, 0.6) is 0 Å². The van der Waals surface area contributed by atoms with E-state index in [1.165, 1.54) is 5.56 Å². The van der Waals surface area contributed by atoms with Crippen LogP contribution in [0.15, 0.2) is 66.0 Å². The number of thiazole rings is 1. The zero-order chi connectivity index (χ0) is 13.8. The van der Waals surface area contributed by atoms with Crippen LogP contribution in [-0.2, 0) is 0 Å². The highest BCUT2D eigenvalue weighted by atomic mass is 32.1. The van der Waals surface area contributed by atoms with Crippen molar-refractivity contribution in [1.29, 1.82) is 0 Å². The molecular formula is C17H16N2S. The Hall–Kier alpha value is -2.13. The van der Waals surface area contributed by atoms with Gasteiger partial charge in [-0.15, -0.1) is 11.3 Å². The molecule has 1 N–H and O–H groups in total. The first-order valence-corrected chi connectivity index (χ1v) is 7.53. The van der Waals surface area contributed by atoms with Crippen molar-refractivity contribution >= 4 is 16.5 Å². The molecule has 0 bridgehead atoms. The second kappa shape index (κ2) is 5.88. The molecule has 0 saturated heterocycles. The second-order valence-corrected chi connectivity index (χ2v) is 5.54. The Morgan fingerprint density at radius 2 is 1.60 bits per heavy atom. The van der Waals surface area contributed by atoms with Gasteiger partial charge in [0.15, 0.2) is 5.13 Å². The lowest BCUT2D eigenvalue weighted by molar-refractivity contribution is 0.882. The molecule has 0 unspecified atom stereocenters. The van der Waals surface area contributed by atoms with Crippen molar-refractivity contribution in [3.8, 4) is 11.3 Å². The van der Waals surface area contributed by atoms with Gasteiger partial charge in [0.25, 0.3) is 0 Å². The van der Waals surface area contributed by atoms with E-state index in [4.69, 9.17) is 0 Å². The summed E-state index contributed by atoms with van der Waals surface area (Å²) in [5, 5.41) is 6.51. The molecule has 0 aliphatic carbocycles. The van der Waals surface area contributed by atoms with Crippen LogP contribution < -0.4 is 5.32 Å². The van der Waals surface area contributed by atoms with Crippen molar-refractivity contribution in [2.24, 2.45) is 0 Å².